The Labute approximate surface area is 164 Å². The normalized spacial score (nSPS) is 13.2. The number of fused-ring (bicyclic) bond motifs is 1. The lowest BCUT2D eigenvalue weighted by Crippen LogP contribution is -2.38. The van der Waals surface area contributed by atoms with Gasteiger partial charge < -0.3 is 15.5 Å². The molecule has 3 amide bonds. The zero-order chi connectivity index (χ0) is 20.1. The Bertz CT molecular complexity index is 849. The standard InChI is InChI=1S/C22H26FN3O2/c1-15(2)9-11-24-21(27)16-4-7-20(8-5-16)25-22(28)26-12-10-17-13-19(23)6-3-18(17)14-26/h3-8,13,15H,9-12,14H2,1-2H3,(H,24,27)(H,25,28). The molecule has 148 valence electrons. The van der Waals surface area contributed by atoms with Crippen LogP contribution in [-0.2, 0) is 13.0 Å². The van der Waals surface area contributed by atoms with Gasteiger partial charge in [-0.2, -0.15) is 0 Å². The van der Waals surface area contributed by atoms with Crippen molar-refractivity contribution in [2.24, 2.45) is 5.92 Å². The van der Waals surface area contributed by atoms with Crippen molar-refractivity contribution in [2.45, 2.75) is 33.2 Å². The number of carbonyl (C=O) groups is 2. The maximum atomic E-state index is 13.3. The second-order valence-corrected chi connectivity index (χ2v) is 7.53. The molecule has 0 radical (unpaired) electrons. The highest BCUT2D eigenvalue weighted by Gasteiger charge is 2.21. The zero-order valence-corrected chi connectivity index (χ0v) is 16.3. The molecule has 0 fully saturated rings. The van der Waals surface area contributed by atoms with E-state index in [0.717, 1.165) is 17.5 Å². The predicted molar refractivity (Wildman–Crippen MR) is 108 cm³/mol. The fourth-order valence-corrected chi connectivity index (χ4v) is 3.18. The number of hydrogen-bond acceptors (Lipinski definition) is 2. The summed E-state index contributed by atoms with van der Waals surface area (Å²) in [5.74, 6) is 0.182. The largest absolute Gasteiger partial charge is 0.352 e. The highest BCUT2D eigenvalue weighted by atomic mass is 19.1. The number of halogens is 1. The van der Waals surface area contributed by atoms with Crippen LogP contribution in [0.1, 0.15) is 41.8 Å². The molecule has 0 atom stereocenters. The number of nitrogens with one attached hydrogen (secondary N) is 2. The number of rotatable bonds is 5. The van der Waals surface area contributed by atoms with Crippen LogP contribution in [0.4, 0.5) is 14.9 Å². The summed E-state index contributed by atoms with van der Waals surface area (Å²) in [7, 11) is 0. The molecule has 0 saturated carbocycles. The molecule has 2 aromatic rings. The van der Waals surface area contributed by atoms with E-state index in [1.54, 1.807) is 35.2 Å². The van der Waals surface area contributed by atoms with Gasteiger partial charge in [-0.3, -0.25) is 4.79 Å². The van der Waals surface area contributed by atoms with E-state index in [0.29, 0.717) is 43.2 Å². The Morgan fingerprint density at radius 1 is 1.11 bits per heavy atom. The van der Waals surface area contributed by atoms with Gasteiger partial charge >= 0.3 is 6.03 Å². The third-order valence-corrected chi connectivity index (χ3v) is 4.87. The van der Waals surface area contributed by atoms with Crippen molar-refractivity contribution >= 4 is 17.6 Å². The number of hydrogen-bond donors (Lipinski definition) is 2. The lowest BCUT2D eigenvalue weighted by molar-refractivity contribution is 0.0952. The SMILES string of the molecule is CC(C)CCNC(=O)c1ccc(NC(=O)N2CCc3cc(F)ccc3C2)cc1. The van der Waals surface area contributed by atoms with Gasteiger partial charge in [-0.1, -0.05) is 19.9 Å². The molecule has 6 heteroatoms. The predicted octanol–water partition coefficient (Wildman–Crippen LogP) is 4.19. The van der Waals surface area contributed by atoms with Crippen LogP contribution < -0.4 is 10.6 Å². The summed E-state index contributed by atoms with van der Waals surface area (Å²) in [4.78, 5) is 26.3. The van der Waals surface area contributed by atoms with Gasteiger partial charge in [-0.05, 0) is 66.3 Å². The number of carbonyl (C=O) groups excluding carboxylic acids is 2. The first-order valence-corrected chi connectivity index (χ1v) is 9.64. The summed E-state index contributed by atoms with van der Waals surface area (Å²) >= 11 is 0. The third-order valence-electron chi connectivity index (χ3n) is 4.87. The average Bonchev–Trinajstić information content (AvgIpc) is 2.67. The molecular formula is C22H26FN3O2. The molecule has 0 saturated heterocycles. The lowest BCUT2D eigenvalue weighted by atomic mass is 10.00. The Morgan fingerprint density at radius 2 is 1.86 bits per heavy atom. The molecule has 28 heavy (non-hydrogen) atoms. The van der Waals surface area contributed by atoms with Gasteiger partial charge in [-0.25, -0.2) is 9.18 Å². The molecule has 0 spiro atoms. The van der Waals surface area contributed by atoms with Crippen LogP contribution in [-0.4, -0.2) is 29.9 Å². The molecule has 2 N–H and O–H groups in total. The third kappa shape index (κ3) is 5.09. The second kappa shape index (κ2) is 8.87. The van der Waals surface area contributed by atoms with Gasteiger partial charge in [0.2, 0.25) is 0 Å². The van der Waals surface area contributed by atoms with E-state index in [-0.39, 0.29) is 17.8 Å². The molecular weight excluding hydrogens is 357 g/mol. The average molecular weight is 383 g/mol. The van der Waals surface area contributed by atoms with Crippen LogP contribution in [0.2, 0.25) is 0 Å². The van der Waals surface area contributed by atoms with Gasteiger partial charge in [0.05, 0.1) is 0 Å². The molecule has 0 aliphatic carbocycles. The highest BCUT2D eigenvalue weighted by molar-refractivity contribution is 5.95. The quantitative estimate of drug-likeness (QED) is 0.813. The number of amides is 3. The Balaban J connectivity index is 1.54. The molecule has 2 aromatic carbocycles. The fourth-order valence-electron chi connectivity index (χ4n) is 3.18. The van der Waals surface area contributed by atoms with Gasteiger partial charge in [0.25, 0.3) is 5.91 Å². The Hall–Kier alpha value is -2.89. The minimum atomic E-state index is -0.245. The van der Waals surface area contributed by atoms with E-state index in [4.69, 9.17) is 0 Å². The highest BCUT2D eigenvalue weighted by Crippen LogP contribution is 2.21. The first-order valence-electron chi connectivity index (χ1n) is 9.64. The van der Waals surface area contributed by atoms with Crippen LogP contribution in [0, 0.1) is 11.7 Å². The monoisotopic (exact) mass is 383 g/mol. The molecule has 1 aliphatic rings. The number of nitrogens with zero attached hydrogens (tertiary/aromatic N) is 1. The number of urea groups is 1. The van der Waals surface area contributed by atoms with Crippen molar-refractivity contribution < 1.29 is 14.0 Å². The van der Waals surface area contributed by atoms with Crippen LogP contribution in [0.15, 0.2) is 42.5 Å². The van der Waals surface area contributed by atoms with Crippen molar-refractivity contribution in [3.8, 4) is 0 Å². The first-order chi connectivity index (χ1) is 13.4. The molecule has 3 rings (SSSR count). The number of benzene rings is 2. The molecule has 1 heterocycles. The van der Waals surface area contributed by atoms with Crippen molar-refractivity contribution in [3.63, 3.8) is 0 Å². The molecule has 1 aliphatic heterocycles. The topological polar surface area (TPSA) is 61.4 Å². The maximum Gasteiger partial charge on any atom is 0.322 e. The Morgan fingerprint density at radius 3 is 2.57 bits per heavy atom. The van der Waals surface area contributed by atoms with Crippen molar-refractivity contribution in [1.29, 1.82) is 0 Å². The second-order valence-electron chi connectivity index (χ2n) is 7.53. The van der Waals surface area contributed by atoms with Crippen LogP contribution in [0.3, 0.4) is 0 Å². The fraction of sp³-hybridized carbons (Fsp3) is 0.364. The van der Waals surface area contributed by atoms with Crippen molar-refractivity contribution in [1.82, 2.24) is 10.2 Å². The first kappa shape index (κ1) is 19.9. The van der Waals surface area contributed by atoms with Crippen LogP contribution >= 0.6 is 0 Å². The van der Waals surface area contributed by atoms with Gasteiger partial charge in [0.15, 0.2) is 0 Å². The minimum Gasteiger partial charge on any atom is -0.352 e. The van der Waals surface area contributed by atoms with E-state index in [1.807, 2.05) is 0 Å². The van der Waals surface area contributed by atoms with Gasteiger partial charge in [-0.15, -0.1) is 0 Å². The summed E-state index contributed by atoms with van der Waals surface area (Å²) in [6, 6.07) is 11.3. The summed E-state index contributed by atoms with van der Waals surface area (Å²) in [6.07, 6.45) is 1.57. The van der Waals surface area contributed by atoms with E-state index in [2.05, 4.69) is 24.5 Å². The molecule has 0 unspecified atom stereocenters. The van der Waals surface area contributed by atoms with Crippen LogP contribution in [0.5, 0.6) is 0 Å². The maximum absolute atomic E-state index is 13.3. The minimum absolute atomic E-state index is 0.113. The van der Waals surface area contributed by atoms with Gasteiger partial charge in [0.1, 0.15) is 5.82 Å². The van der Waals surface area contributed by atoms with Crippen molar-refractivity contribution in [2.75, 3.05) is 18.4 Å². The van der Waals surface area contributed by atoms with E-state index < -0.39 is 0 Å². The summed E-state index contributed by atoms with van der Waals surface area (Å²) in [5, 5.41) is 5.75. The lowest BCUT2D eigenvalue weighted by Gasteiger charge is -2.29. The van der Waals surface area contributed by atoms with Crippen molar-refractivity contribution in [3.05, 3.63) is 65.0 Å². The van der Waals surface area contributed by atoms with E-state index in [9.17, 15) is 14.0 Å². The Kier molecular flexibility index (Phi) is 6.29. The molecule has 0 aromatic heterocycles. The number of anilines is 1. The zero-order valence-electron chi connectivity index (χ0n) is 16.3. The molecule has 0 bridgehead atoms. The van der Waals surface area contributed by atoms with E-state index in [1.165, 1.54) is 12.1 Å². The van der Waals surface area contributed by atoms with E-state index >= 15 is 0 Å². The molecule has 5 nitrogen and oxygen atoms in total. The summed E-state index contributed by atoms with van der Waals surface area (Å²) in [6.45, 7) is 5.87. The summed E-state index contributed by atoms with van der Waals surface area (Å²) < 4.78 is 13.3. The smallest absolute Gasteiger partial charge is 0.322 e. The van der Waals surface area contributed by atoms with Crippen LogP contribution in [0.25, 0.3) is 0 Å². The summed E-state index contributed by atoms with van der Waals surface area (Å²) in [5.41, 5.74) is 3.12. The van der Waals surface area contributed by atoms with Gasteiger partial charge in [0, 0.05) is 30.9 Å².